The Balaban J connectivity index is 0.00000320. The zero-order chi connectivity index (χ0) is 20.8. The molecule has 2 heterocycles. The maximum absolute atomic E-state index is 12.8. The van der Waals surface area contributed by atoms with Gasteiger partial charge in [-0.3, -0.25) is 14.8 Å². The molecule has 0 bridgehead atoms. The quantitative estimate of drug-likeness (QED) is 0.348. The second-order valence-corrected chi connectivity index (χ2v) is 8.22. The molecule has 1 atom stereocenters. The summed E-state index contributed by atoms with van der Waals surface area (Å²) in [6.07, 6.45) is 8.57. The summed E-state index contributed by atoms with van der Waals surface area (Å²) in [6, 6.07) is 0.232. The van der Waals surface area contributed by atoms with Crippen LogP contribution in [0, 0.1) is 19.8 Å². The van der Waals surface area contributed by atoms with E-state index in [1.54, 1.807) is 14.2 Å². The van der Waals surface area contributed by atoms with Gasteiger partial charge in [0.15, 0.2) is 5.96 Å². The molecule has 1 aliphatic heterocycles. The standard InChI is InChI=1S/C22H35N5O2.HI/c1-15-12-24-19(16(2)20(15)29-4)13-25-22(23-3)26-18-10-11-27(14-18)21(28)17-8-6-5-7-9-17;/h12,17-18H,5-11,13-14H2,1-4H3,(H2,23,25,26);1H. The molecule has 0 spiro atoms. The highest BCUT2D eigenvalue weighted by atomic mass is 127. The van der Waals surface area contributed by atoms with Gasteiger partial charge < -0.3 is 20.3 Å². The van der Waals surface area contributed by atoms with Gasteiger partial charge in [-0.2, -0.15) is 0 Å². The van der Waals surface area contributed by atoms with Crippen LogP contribution in [-0.4, -0.2) is 55.0 Å². The minimum absolute atomic E-state index is 0. The van der Waals surface area contributed by atoms with E-state index >= 15 is 0 Å². The van der Waals surface area contributed by atoms with Crippen LogP contribution in [0.2, 0.25) is 0 Å². The molecule has 1 unspecified atom stereocenters. The molecular weight excluding hydrogens is 493 g/mol. The van der Waals surface area contributed by atoms with Crippen molar-refractivity contribution in [1.29, 1.82) is 0 Å². The van der Waals surface area contributed by atoms with Crippen LogP contribution in [0.15, 0.2) is 11.2 Å². The lowest BCUT2D eigenvalue weighted by Crippen LogP contribution is -2.45. The smallest absolute Gasteiger partial charge is 0.225 e. The van der Waals surface area contributed by atoms with Crippen LogP contribution < -0.4 is 15.4 Å². The number of halogens is 1. The topological polar surface area (TPSA) is 78.9 Å². The minimum Gasteiger partial charge on any atom is -0.496 e. The van der Waals surface area contributed by atoms with E-state index in [9.17, 15) is 4.79 Å². The second-order valence-electron chi connectivity index (χ2n) is 8.22. The Morgan fingerprint density at radius 3 is 2.67 bits per heavy atom. The average molecular weight is 529 g/mol. The van der Waals surface area contributed by atoms with Crippen LogP contribution in [0.1, 0.15) is 55.3 Å². The fourth-order valence-electron chi connectivity index (χ4n) is 4.49. The number of hydrogen-bond acceptors (Lipinski definition) is 4. The van der Waals surface area contributed by atoms with Gasteiger partial charge in [0, 0.05) is 49.4 Å². The van der Waals surface area contributed by atoms with E-state index in [2.05, 4.69) is 20.6 Å². The maximum atomic E-state index is 12.8. The van der Waals surface area contributed by atoms with Crippen LogP contribution in [0.5, 0.6) is 5.75 Å². The Hall–Kier alpha value is -1.58. The van der Waals surface area contributed by atoms with E-state index < -0.39 is 0 Å². The number of guanidine groups is 1. The molecule has 2 fully saturated rings. The highest BCUT2D eigenvalue weighted by Gasteiger charge is 2.31. The SMILES string of the molecule is CN=C(NCc1ncc(C)c(OC)c1C)NC1CCN(C(=O)C2CCCCC2)C1.I. The largest absolute Gasteiger partial charge is 0.496 e. The molecule has 3 rings (SSSR count). The molecule has 1 saturated carbocycles. The van der Waals surface area contributed by atoms with Crippen LogP contribution >= 0.6 is 24.0 Å². The first-order valence-corrected chi connectivity index (χ1v) is 10.8. The summed E-state index contributed by atoms with van der Waals surface area (Å²) in [5.74, 6) is 2.21. The fourth-order valence-corrected chi connectivity index (χ4v) is 4.49. The third kappa shape index (κ3) is 5.98. The van der Waals surface area contributed by atoms with E-state index in [1.165, 1.54) is 19.3 Å². The number of aliphatic imine (C=N–C) groups is 1. The van der Waals surface area contributed by atoms with Crippen molar-refractivity contribution < 1.29 is 9.53 Å². The van der Waals surface area contributed by atoms with Crippen LogP contribution in [0.25, 0.3) is 0 Å². The number of amides is 1. The fraction of sp³-hybridized carbons (Fsp3) is 0.682. The predicted molar refractivity (Wildman–Crippen MR) is 131 cm³/mol. The molecular formula is C22H36IN5O2. The van der Waals surface area contributed by atoms with Gasteiger partial charge in [0.05, 0.1) is 19.3 Å². The number of rotatable bonds is 5. The van der Waals surface area contributed by atoms with E-state index in [1.807, 2.05) is 24.9 Å². The third-order valence-electron chi connectivity index (χ3n) is 6.19. The van der Waals surface area contributed by atoms with Crippen molar-refractivity contribution in [2.45, 2.75) is 65.0 Å². The van der Waals surface area contributed by atoms with Crippen molar-refractivity contribution in [3.8, 4) is 5.75 Å². The van der Waals surface area contributed by atoms with E-state index in [-0.39, 0.29) is 35.9 Å². The normalized spacial score (nSPS) is 19.9. The van der Waals surface area contributed by atoms with Crippen LogP contribution in [0.4, 0.5) is 0 Å². The number of aromatic nitrogens is 1. The lowest BCUT2D eigenvalue weighted by molar-refractivity contribution is -0.135. The average Bonchev–Trinajstić information content (AvgIpc) is 3.21. The third-order valence-corrected chi connectivity index (χ3v) is 6.19. The molecule has 7 nitrogen and oxygen atoms in total. The Morgan fingerprint density at radius 2 is 2.00 bits per heavy atom. The molecule has 1 saturated heterocycles. The summed E-state index contributed by atoms with van der Waals surface area (Å²) in [6.45, 7) is 6.18. The van der Waals surface area contributed by atoms with Gasteiger partial charge in [0.25, 0.3) is 0 Å². The van der Waals surface area contributed by atoms with Gasteiger partial charge in [0.2, 0.25) is 5.91 Å². The Morgan fingerprint density at radius 1 is 1.27 bits per heavy atom. The number of nitrogens with one attached hydrogen (secondary N) is 2. The van der Waals surface area contributed by atoms with Gasteiger partial charge in [-0.05, 0) is 33.1 Å². The number of carbonyl (C=O) groups is 1. The molecule has 1 amide bonds. The number of pyridine rings is 1. The first kappa shape index (κ1) is 24.7. The van der Waals surface area contributed by atoms with Crippen LogP contribution in [-0.2, 0) is 11.3 Å². The molecule has 1 aromatic heterocycles. The summed E-state index contributed by atoms with van der Waals surface area (Å²) in [4.78, 5) is 23.7. The zero-order valence-electron chi connectivity index (χ0n) is 18.7. The summed E-state index contributed by atoms with van der Waals surface area (Å²) in [5.41, 5.74) is 3.02. The zero-order valence-corrected chi connectivity index (χ0v) is 21.0. The lowest BCUT2D eigenvalue weighted by atomic mass is 9.88. The predicted octanol–water partition coefficient (Wildman–Crippen LogP) is 3.17. The van der Waals surface area contributed by atoms with Crippen molar-refractivity contribution in [2.24, 2.45) is 10.9 Å². The number of nitrogens with zero attached hydrogens (tertiary/aromatic N) is 3. The Bertz CT molecular complexity index is 749. The molecule has 0 radical (unpaired) electrons. The van der Waals surface area contributed by atoms with Gasteiger partial charge >= 0.3 is 0 Å². The first-order valence-electron chi connectivity index (χ1n) is 10.8. The molecule has 2 N–H and O–H groups in total. The van der Waals surface area contributed by atoms with Gasteiger partial charge in [0.1, 0.15) is 5.75 Å². The lowest BCUT2D eigenvalue weighted by Gasteiger charge is -2.26. The monoisotopic (exact) mass is 529 g/mol. The van der Waals surface area contributed by atoms with E-state index in [0.29, 0.717) is 12.5 Å². The minimum atomic E-state index is 0. The number of methoxy groups -OCH3 is 1. The molecule has 168 valence electrons. The maximum Gasteiger partial charge on any atom is 0.225 e. The first-order chi connectivity index (χ1) is 14.0. The highest BCUT2D eigenvalue weighted by Crippen LogP contribution is 2.27. The summed E-state index contributed by atoms with van der Waals surface area (Å²) in [7, 11) is 3.46. The van der Waals surface area contributed by atoms with Gasteiger partial charge in [-0.15, -0.1) is 24.0 Å². The molecule has 0 aromatic carbocycles. The van der Waals surface area contributed by atoms with E-state index in [0.717, 1.165) is 60.9 Å². The number of carbonyl (C=O) groups excluding carboxylic acids is 1. The van der Waals surface area contributed by atoms with Crippen molar-refractivity contribution in [3.63, 3.8) is 0 Å². The van der Waals surface area contributed by atoms with Crippen LogP contribution in [0.3, 0.4) is 0 Å². The number of aryl methyl sites for hydroxylation is 1. The Kier molecular flexibility index (Phi) is 9.64. The molecule has 1 aliphatic carbocycles. The van der Waals surface area contributed by atoms with Crippen molar-refractivity contribution in [1.82, 2.24) is 20.5 Å². The summed E-state index contributed by atoms with van der Waals surface area (Å²) in [5, 5.41) is 6.82. The summed E-state index contributed by atoms with van der Waals surface area (Å²) < 4.78 is 5.49. The molecule has 1 aromatic rings. The molecule has 30 heavy (non-hydrogen) atoms. The van der Waals surface area contributed by atoms with Crippen molar-refractivity contribution in [2.75, 3.05) is 27.2 Å². The molecule has 2 aliphatic rings. The summed E-state index contributed by atoms with van der Waals surface area (Å²) >= 11 is 0. The van der Waals surface area contributed by atoms with Crippen molar-refractivity contribution in [3.05, 3.63) is 23.0 Å². The Labute approximate surface area is 197 Å². The van der Waals surface area contributed by atoms with Crippen molar-refractivity contribution >= 4 is 35.8 Å². The number of hydrogen-bond donors (Lipinski definition) is 2. The van der Waals surface area contributed by atoms with Gasteiger partial charge in [-0.25, -0.2) is 0 Å². The molecule has 8 heteroatoms. The van der Waals surface area contributed by atoms with E-state index in [4.69, 9.17) is 4.74 Å². The second kappa shape index (κ2) is 11.7. The number of ether oxygens (including phenoxy) is 1. The highest BCUT2D eigenvalue weighted by molar-refractivity contribution is 14.0. The van der Waals surface area contributed by atoms with Gasteiger partial charge in [-0.1, -0.05) is 19.3 Å². The number of likely N-dealkylation sites (tertiary alicyclic amines) is 1.